The Hall–Kier alpha value is -4.26. The smallest absolute Gasteiger partial charge is 0.292 e. The number of aromatic nitrogens is 2. The number of fused-ring (bicyclic) bond motifs is 1. The third-order valence-corrected chi connectivity index (χ3v) is 4.61. The van der Waals surface area contributed by atoms with Crippen molar-refractivity contribution in [2.24, 2.45) is 5.10 Å². The lowest BCUT2D eigenvalue weighted by Crippen LogP contribution is -2.28. The molecule has 4 rings (SSSR count). The first-order chi connectivity index (χ1) is 15.2. The van der Waals surface area contributed by atoms with Gasteiger partial charge in [0.1, 0.15) is 5.75 Å². The quantitative estimate of drug-likeness (QED) is 0.388. The number of benzene rings is 3. The average molecular weight is 412 g/mol. The van der Waals surface area contributed by atoms with Gasteiger partial charge in [0, 0.05) is 10.9 Å². The van der Waals surface area contributed by atoms with Crippen molar-refractivity contribution in [3.63, 3.8) is 0 Å². The topological polar surface area (TPSA) is 85.6 Å². The van der Waals surface area contributed by atoms with Crippen molar-refractivity contribution in [1.82, 2.24) is 15.2 Å². The van der Waals surface area contributed by atoms with Crippen LogP contribution in [0.3, 0.4) is 0 Å². The van der Waals surface area contributed by atoms with Crippen LogP contribution in [0.5, 0.6) is 5.75 Å². The molecular weight excluding hydrogens is 392 g/mol. The number of ether oxygens (including phenoxy) is 1. The minimum atomic E-state index is -0.522. The Kier molecular flexibility index (Phi) is 5.84. The maximum absolute atomic E-state index is 12.9. The number of carbonyl (C=O) groups excluding carboxylic acids is 1. The number of hydrazone groups is 1. The summed E-state index contributed by atoms with van der Waals surface area (Å²) in [6, 6.07) is 23.2. The van der Waals surface area contributed by atoms with E-state index in [4.69, 9.17) is 4.74 Å². The first-order valence-electron chi connectivity index (χ1n) is 9.81. The Balaban J connectivity index is 1.70. The highest BCUT2D eigenvalue weighted by molar-refractivity contribution is 6.05. The number of nitrogens with one attached hydrogen (secondary N) is 1. The summed E-state index contributed by atoms with van der Waals surface area (Å²) in [5.41, 5.74) is 3.62. The summed E-state index contributed by atoms with van der Waals surface area (Å²) in [7, 11) is 0. The van der Waals surface area contributed by atoms with Gasteiger partial charge >= 0.3 is 0 Å². The van der Waals surface area contributed by atoms with Gasteiger partial charge in [0.05, 0.1) is 23.9 Å². The van der Waals surface area contributed by atoms with Crippen molar-refractivity contribution in [3.05, 3.63) is 100 Å². The van der Waals surface area contributed by atoms with Gasteiger partial charge in [-0.1, -0.05) is 48.5 Å². The van der Waals surface area contributed by atoms with Crippen LogP contribution < -0.4 is 15.7 Å². The lowest BCUT2D eigenvalue weighted by atomic mass is 10.1. The molecule has 7 nitrogen and oxygen atoms in total. The van der Waals surface area contributed by atoms with E-state index in [0.717, 1.165) is 5.56 Å². The summed E-state index contributed by atoms with van der Waals surface area (Å²) in [6.07, 6.45) is 1.51. The van der Waals surface area contributed by atoms with Gasteiger partial charge in [-0.25, -0.2) is 5.43 Å². The molecule has 4 aromatic rings. The van der Waals surface area contributed by atoms with Crippen LogP contribution in [0.25, 0.3) is 16.5 Å². The molecule has 0 spiro atoms. The van der Waals surface area contributed by atoms with E-state index < -0.39 is 5.91 Å². The van der Waals surface area contributed by atoms with Crippen molar-refractivity contribution in [2.45, 2.75) is 6.92 Å². The lowest BCUT2D eigenvalue weighted by Gasteiger charge is -2.10. The number of para-hydroxylation sites is 2. The standard InChI is InChI=1S/C24H20N4O3/c1-2-31-21-15-9-6-10-17(21)16-25-26-23(29)22-19-13-7-8-14-20(19)24(30)28(27-22)18-11-4-3-5-12-18/h3-16H,2H2,1H3,(H,26,29)/b25-16-. The highest BCUT2D eigenvalue weighted by Crippen LogP contribution is 2.17. The number of rotatable bonds is 6. The molecule has 0 aliphatic carbocycles. The number of hydrogen-bond donors (Lipinski definition) is 1. The molecule has 1 heterocycles. The average Bonchev–Trinajstić information content (AvgIpc) is 2.81. The molecule has 0 aliphatic rings. The van der Waals surface area contributed by atoms with Gasteiger partial charge in [0.25, 0.3) is 11.5 Å². The van der Waals surface area contributed by atoms with Crippen molar-refractivity contribution >= 4 is 22.9 Å². The summed E-state index contributed by atoms with van der Waals surface area (Å²) < 4.78 is 6.79. The van der Waals surface area contributed by atoms with E-state index in [1.807, 2.05) is 37.3 Å². The Morgan fingerprint density at radius 1 is 1.00 bits per heavy atom. The predicted octanol–water partition coefficient (Wildman–Crippen LogP) is 3.55. The van der Waals surface area contributed by atoms with Gasteiger partial charge in [0.2, 0.25) is 0 Å². The molecule has 1 aromatic heterocycles. The second-order valence-electron chi connectivity index (χ2n) is 6.62. The van der Waals surface area contributed by atoms with Crippen LogP contribution in [0, 0.1) is 0 Å². The molecule has 0 radical (unpaired) electrons. The van der Waals surface area contributed by atoms with Gasteiger partial charge in [-0.15, -0.1) is 0 Å². The number of carbonyl (C=O) groups is 1. The van der Waals surface area contributed by atoms with Gasteiger partial charge in [-0.05, 0) is 37.3 Å². The van der Waals surface area contributed by atoms with Crippen LogP contribution in [0.4, 0.5) is 0 Å². The van der Waals surface area contributed by atoms with Gasteiger partial charge < -0.3 is 4.74 Å². The molecule has 0 atom stereocenters. The Morgan fingerprint density at radius 2 is 1.68 bits per heavy atom. The van der Waals surface area contributed by atoms with Crippen molar-refractivity contribution in [3.8, 4) is 11.4 Å². The first-order valence-corrected chi connectivity index (χ1v) is 9.81. The summed E-state index contributed by atoms with van der Waals surface area (Å²) in [4.78, 5) is 25.8. The van der Waals surface area contributed by atoms with Gasteiger partial charge in [-0.3, -0.25) is 9.59 Å². The maximum atomic E-state index is 12.9. The maximum Gasteiger partial charge on any atom is 0.292 e. The molecular formula is C24H20N4O3. The van der Waals surface area contributed by atoms with E-state index in [0.29, 0.717) is 28.8 Å². The van der Waals surface area contributed by atoms with Crippen LogP contribution in [0.2, 0.25) is 0 Å². The number of amides is 1. The second kappa shape index (κ2) is 9.04. The van der Waals surface area contributed by atoms with Crippen molar-refractivity contribution in [1.29, 1.82) is 0 Å². The Bertz CT molecular complexity index is 1310. The third-order valence-electron chi connectivity index (χ3n) is 4.61. The number of nitrogens with zero attached hydrogens (tertiary/aromatic N) is 3. The van der Waals surface area contributed by atoms with Gasteiger partial charge in [-0.2, -0.15) is 14.9 Å². The Morgan fingerprint density at radius 3 is 2.45 bits per heavy atom. The third kappa shape index (κ3) is 4.20. The van der Waals surface area contributed by atoms with E-state index in [1.54, 1.807) is 48.5 Å². The molecule has 0 saturated heterocycles. The SMILES string of the molecule is CCOc1ccccc1/C=N\NC(=O)c1nn(-c2ccccc2)c(=O)c2ccccc12. The first kappa shape index (κ1) is 20.0. The monoisotopic (exact) mass is 412 g/mol. The lowest BCUT2D eigenvalue weighted by molar-refractivity contribution is 0.0950. The zero-order chi connectivity index (χ0) is 21.6. The molecule has 0 fully saturated rings. The molecule has 3 aromatic carbocycles. The van der Waals surface area contributed by atoms with E-state index in [9.17, 15) is 9.59 Å². The van der Waals surface area contributed by atoms with Crippen LogP contribution in [-0.2, 0) is 0 Å². The van der Waals surface area contributed by atoms with Crippen molar-refractivity contribution < 1.29 is 9.53 Å². The highest BCUT2D eigenvalue weighted by atomic mass is 16.5. The fourth-order valence-corrected chi connectivity index (χ4v) is 3.19. The fraction of sp³-hybridized carbons (Fsp3) is 0.0833. The zero-order valence-electron chi connectivity index (χ0n) is 16.9. The molecule has 0 aliphatic heterocycles. The van der Waals surface area contributed by atoms with Crippen molar-refractivity contribution in [2.75, 3.05) is 6.61 Å². The molecule has 7 heteroatoms. The molecule has 31 heavy (non-hydrogen) atoms. The molecule has 1 N–H and O–H groups in total. The molecule has 1 amide bonds. The van der Waals surface area contributed by atoms with E-state index in [-0.39, 0.29) is 11.3 Å². The summed E-state index contributed by atoms with van der Waals surface area (Å²) >= 11 is 0. The largest absolute Gasteiger partial charge is 0.493 e. The second-order valence-corrected chi connectivity index (χ2v) is 6.62. The summed E-state index contributed by atoms with van der Waals surface area (Å²) in [6.45, 7) is 2.42. The van der Waals surface area contributed by atoms with Gasteiger partial charge in [0.15, 0.2) is 5.69 Å². The Labute approximate surface area is 178 Å². The predicted molar refractivity (Wildman–Crippen MR) is 120 cm³/mol. The number of hydrogen-bond acceptors (Lipinski definition) is 5. The minimum absolute atomic E-state index is 0.106. The summed E-state index contributed by atoms with van der Waals surface area (Å²) in [5, 5.41) is 9.26. The van der Waals surface area contributed by atoms with E-state index in [1.165, 1.54) is 10.9 Å². The van der Waals surface area contributed by atoms with Crippen LogP contribution in [0.1, 0.15) is 23.0 Å². The molecule has 0 bridgehead atoms. The molecule has 154 valence electrons. The molecule has 0 saturated carbocycles. The van der Waals surface area contributed by atoms with Crippen LogP contribution >= 0.6 is 0 Å². The summed E-state index contributed by atoms with van der Waals surface area (Å²) in [5.74, 6) is 0.148. The minimum Gasteiger partial charge on any atom is -0.493 e. The molecule has 0 unspecified atom stereocenters. The van der Waals surface area contributed by atoms with Crippen LogP contribution in [-0.4, -0.2) is 28.5 Å². The highest BCUT2D eigenvalue weighted by Gasteiger charge is 2.17. The normalized spacial score (nSPS) is 11.0. The zero-order valence-corrected chi connectivity index (χ0v) is 16.9. The van der Waals surface area contributed by atoms with E-state index >= 15 is 0 Å². The van der Waals surface area contributed by atoms with E-state index in [2.05, 4.69) is 15.6 Å². The fourth-order valence-electron chi connectivity index (χ4n) is 3.19. The van der Waals surface area contributed by atoms with Crippen LogP contribution in [0.15, 0.2) is 88.8 Å².